The van der Waals surface area contributed by atoms with E-state index < -0.39 is 0 Å². The lowest BCUT2D eigenvalue weighted by Crippen LogP contribution is -2.52. The number of likely N-dealkylation sites (tertiary alicyclic amines) is 2. The minimum atomic E-state index is 0.165. The van der Waals surface area contributed by atoms with Gasteiger partial charge < -0.3 is 9.80 Å². The normalized spacial score (nSPS) is 23.2. The topological polar surface area (TPSA) is 66.4 Å². The molecule has 0 bridgehead atoms. The Morgan fingerprint density at radius 1 is 1.15 bits per heavy atom. The number of aryl methyl sites for hydroxylation is 1. The van der Waals surface area contributed by atoms with E-state index in [1.807, 2.05) is 11.8 Å². The van der Waals surface area contributed by atoms with E-state index in [-0.39, 0.29) is 17.2 Å². The molecule has 27 heavy (non-hydrogen) atoms. The number of hydrogen-bond donors (Lipinski definition) is 0. The molecule has 6 nitrogen and oxygen atoms in total. The highest BCUT2D eigenvalue weighted by atomic mass is 16.2. The van der Waals surface area contributed by atoms with Gasteiger partial charge in [-0.1, -0.05) is 12.8 Å². The zero-order valence-corrected chi connectivity index (χ0v) is 16.3. The van der Waals surface area contributed by atoms with Gasteiger partial charge in [-0.05, 0) is 44.4 Å². The molecule has 0 radical (unpaired) electrons. The maximum atomic E-state index is 12.7. The number of nitrogens with zero attached hydrogens (tertiary/aromatic N) is 4. The Balaban J connectivity index is 1.37. The number of aromatic nitrogens is 2. The van der Waals surface area contributed by atoms with E-state index in [1.165, 1.54) is 12.8 Å². The Bertz CT molecular complexity index is 689. The lowest BCUT2D eigenvalue weighted by Gasteiger charge is -2.47. The van der Waals surface area contributed by atoms with E-state index in [0.29, 0.717) is 18.9 Å². The number of carbonyl (C=O) groups excluding carboxylic acids is 2. The molecule has 0 aromatic carbocycles. The molecule has 1 aromatic heterocycles. The molecular formula is C21H30N4O2. The summed E-state index contributed by atoms with van der Waals surface area (Å²) in [7, 11) is 0. The summed E-state index contributed by atoms with van der Waals surface area (Å²) in [6.07, 6.45) is 11.6. The van der Waals surface area contributed by atoms with Crippen LogP contribution in [0.1, 0.15) is 62.8 Å². The first kappa shape index (κ1) is 18.4. The van der Waals surface area contributed by atoms with Gasteiger partial charge in [-0.2, -0.15) is 0 Å². The molecule has 1 spiro atoms. The fourth-order valence-corrected chi connectivity index (χ4v) is 4.98. The second-order valence-electron chi connectivity index (χ2n) is 8.71. The van der Waals surface area contributed by atoms with Crippen LogP contribution in [0.2, 0.25) is 0 Å². The molecule has 1 aliphatic carbocycles. The monoisotopic (exact) mass is 370 g/mol. The van der Waals surface area contributed by atoms with Crippen molar-refractivity contribution in [2.45, 2.75) is 64.8 Å². The van der Waals surface area contributed by atoms with Crippen molar-refractivity contribution in [3.63, 3.8) is 0 Å². The molecule has 0 N–H and O–H groups in total. The summed E-state index contributed by atoms with van der Waals surface area (Å²) >= 11 is 0. The van der Waals surface area contributed by atoms with Crippen LogP contribution < -0.4 is 0 Å². The molecule has 146 valence electrons. The van der Waals surface area contributed by atoms with Crippen molar-refractivity contribution in [3.05, 3.63) is 23.8 Å². The first-order valence-electron chi connectivity index (χ1n) is 10.4. The zero-order valence-electron chi connectivity index (χ0n) is 16.3. The van der Waals surface area contributed by atoms with Gasteiger partial charge in [0, 0.05) is 38.2 Å². The lowest BCUT2D eigenvalue weighted by atomic mass is 9.72. The highest BCUT2D eigenvalue weighted by Gasteiger charge is 2.42. The third-order valence-electron chi connectivity index (χ3n) is 6.78. The summed E-state index contributed by atoms with van der Waals surface area (Å²) in [6.45, 7) is 4.94. The predicted molar refractivity (Wildman–Crippen MR) is 102 cm³/mol. The molecule has 6 heteroatoms. The standard InChI is InChI=1S/C21H30N4O2/c1-16-12-23-18(13-22-16)14-25-15-21(7-6-19(25)26)8-10-24(11-9-21)20(27)17-4-2-3-5-17/h12-13,17H,2-11,14-15H2,1H3. The molecule has 2 aliphatic heterocycles. The quantitative estimate of drug-likeness (QED) is 0.820. The molecule has 0 atom stereocenters. The average Bonchev–Trinajstić information content (AvgIpc) is 3.22. The van der Waals surface area contributed by atoms with Crippen LogP contribution in [0, 0.1) is 18.3 Å². The summed E-state index contributed by atoms with van der Waals surface area (Å²) in [6, 6.07) is 0. The van der Waals surface area contributed by atoms with Gasteiger partial charge in [-0.15, -0.1) is 0 Å². The van der Waals surface area contributed by atoms with Crippen LogP contribution in [-0.4, -0.2) is 51.2 Å². The van der Waals surface area contributed by atoms with Crippen molar-refractivity contribution in [1.29, 1.82) is 0 Å². The predicted octanol–water partition coefficient (Wildman–Crippen LogP) is 2.71. The maximum Gasteiger partial charge on any atom is 0.225 e. The lowest BCUT2D eigenvalue weighted by molar-refractivity contribution is -0.144. The summed E-state index contributed by atoms with van der Waals surface area (Å²) in [5.41, 5.74) is 1.90. The van der Waals surface area contributed by atoms with Crippen LogP contribution in [0.4, 0.5) is 0 Å². The number of rotatable bonds is 3. The van der Waals surface area contributed by atoms with Crippen molar-refractivity contribution < 1.29 is 9.59 Å². The van der Waals surface area contributed by atoms with Gasteiger partial charge in [0.15, 0.2) is 0 Å². The van der Waals surface area contributed by atoms with Crippen molar-refractivity contribution in [2.24, 2.45) is 11.3 Å². The summed E-state index contributed by atoms with van der Waals surface area (Å²) < 4.78 is 0. The molecular weight excluding hydrogens is 340 g/mol. The average molecular weight is 370 g/mol. The molecule has 0 unspecified atom stereocenters. The van der Waals surface area contributed by atoms with E-state index in [1.54, 1.807) is 12.4 Å². The van der Waals surface area contributed by atoms with Crippen molar-refractivity contribution in [3.8, 4) is 0 Å². The highest BCUT2D eigenvalue weighted by molar-refractivity contribution is 5.79. The van der Waals surface area contributed by atoms with Gasteiger partial charge in [-0.25, -0.2) is 0 Å². The summed E-state index contributed by atoms with van der Waals surface area (Å²) in [5, 5.41) is 0. The van der Waals surface area contributed by atoms with Gasteiger partial charge in [0.1, 0.15) is 0 Å². The minimum Gasteiger partial charge on any atom is -0.342 e. The molecule has 3 fully saturated rings. The van der Waals surface area contributed by atoms with Gasteiger partial charge in [0.2, 0.25) is 11.8 Å². The second kappa shape index (κ2) is 7.56. The van der Waals surface area contributed by atoms with Crippen molar-refractivity contribution in [1.82, 2.24) is 19.8 Å². The Hall–Kier alpha value is -1.98. The van der Waals surface area contributed by atoms with Crippen molar-refractivity contribution in [2.75, 3.05) is 19.6 Å². The SMILES string of the molecule is Cc1cnc(CN2CC3(CCC2=O)CCN(C(=O)C2CCCC2)CC3)cn1. The minimum absolute atomic E-state index is 0.165. The Kier molecular flexibility index (Phi) is 5.15. The van der Waals surface area contributed by atoms with Crippen LogP contribution in [0.5, 0.6) is 0 Å². The Morgan fingerprint density at radius 2 is 1.89 bits per heavy atom. The van der Waals surface area contributed by atoms with E-state index in [2.05, 4.69) is 14.9 Å². The van der Waals surface area contributed by atoms with Crippen LogP contribution in [0.25, 0.3) is 0 Å². The fourth-order valence-electron chi connectivity index (χ4n) is 4.98. The Morgan fingerprint density at radius 3 is 2.56 bits per heavy atom. The molecule has 1 saturated carbocycles. The van der Waals surface area contributed by atoms with E-state index in [0.717, 1.165) is 63.1 Å². The smallest absolute Gasteiger partial charge is 0.225 e. The van der Waals surface area contributed by atoms with Crippen LogP contribution in [0.15, 0.2) is 12.4 Å². The molecule has 4 rings (SSSR count). The number of amides is 2. The van der Waals surface area contributed by atoms with Crippen LogP contribution in [0.3, 0.4) is 0 Å². The highest BCUT2D eigenvalue weighted by Crippen LogP contribution is 2.41. The summed E-state index contributed by atoms with van der Waals surface area (Å²) in [5.74, 6) is 0.858. The number of carbonyl (C=O) groups is 2. The van der Waals surface area contributed by atoms with E-state index in [9.17, 15) is 9.59 Å². The number of piperidine rings is 2. The van der Waals surface area contributed by atoms with Gasteiger partial charge in [-0.3, -0.25) is 19.6 Å². The third kappa shape index (κ3) is 3.99. The Labute approximate surface area is 161 Å². The largest absolute Gasteiger partial charge is 0.342 e. The van der Waals surface area contributed by atoms with Gasteiger partial charge in [0.25, 0.3) is 0 Å². The van der Waals surface area contributed by atoms with E-state index in [4.69, 9.17) is 0 Å². The van der Waals surface area contributed by atoms with E-state index >= 15 is 0 Å². The number of hydrogen-bond acceptors (Lipinski definition) is 4. The molecule has 2 amide bonds. The summed E-state index contributed by atoms with van der Waals surface area (Å²) in [4.78, 5) is 37.9. The fraction of sp³-hybridized carbons (Fsp3) is 0.714. The van der Waals surface area contributed by atoms with Gasteiger partial charge in [0.05, 0.1) is 24.1 Å². The van der Waals surface area contributed by atoms with Crippen LogP contribution >= 0.6 is 0 Å². The zero-order chi connectivity index (χ0) is 18.9. The molecule has 3 aliphatic rings. The molecule has 3 heterocycles. The van der Waals surface area contributed by atoms with Crippen molar-refractivity contribution >= 4 is 11.8 Å². The molecule has 2 saturated heterocycles. The molecule has 1 aromatic rings. The first-order chi connectivity index (χ1) is 13.0. The third-order valence-corrected chi connectivity index (χ3v) is 6.78. The van der Waals surface area contributed by atoms with Gasteiger partial charge >= 0.3 is 0 Å². The first-order valence-corrected chi connectivity index (χ1v) is 10.4. The van der Waals surface area contributed by atoms with Crippen LogP contribution in [-0.2, 0) is 16.1 Å². The maximum absolute atomic E-state index is 12.7. The second-order valence-corrected chi connectivity index (χ2v) is 8.71.